The summed E-state index contributed by atoms with van der Waals surface area (Å²) in [4.78, 5) is 38.6. The number of rotatable bonds is 6. The number of nitrogens with zero attached hydrogens (tertiary/aromatic N) is 2. The number of hydrogen-bond acceptors (Lipinski definition) is 5. The zero-order chi connectivity index (χ0) is 23.5. The number of H-pyrrole nitrogens is 1. The van der Waals surface area contributed by atoms with Gasteiger partial charge in [0.05, 0.1) is 17.8 Å². The predicted molar refractivity (Wildman–Crippen MR) is 102 cm³/mol. The number of alkyl halides is 3. The average Bonchev–Trinajstić information content (AvgIpc) is 2.65. The minimum Gasteiger partial charge on any atom is -0.497 e. The Kier molecular flexibility index (Phi) is 7.16. The van der Waals surface area contributed by atoms with E-state index in [1.54, 1.807) is 0 Å². The van der Waals surface area contributed by atoms with Gasteiger partial charge in [0.15, 0.2) is 0 Å². The lowest BCUT2D eigenvalue weighted by Gasteiger charge is -2.14. The highest BCUT2D eigenvalue weighted by Gasteiger charge is 2.33. The molecule has 2 aromatic rings. The quantitative estimate of drug-likeness (QED) is 0.401. The largest absolute Gasteiger partial charge is 0.497 e. The van der Waals surface area contributed by atoms with Gasteiger partial charge >= 0.3 is 11.9 Å². The Morgan fingerprint density at radius 2 is 1.90 bits per heavy atom. The first-order chi connectivity index (χ1) is 14.3. The number of benzene rings is 1. The zero-order valence-corrected chi connectivity index (χ0v) is 17.1. The first kappa shape index (κ1) is 24.0. The Morgan fingerprint density at radius 1 is 1.26 bits per heavy atom. The molecule has 168 valence electrons. The molecule has 0 spiro atoms. The second kappa shape index (κ2) is 9.25. The number of nitrogens with one attached hydrogen (secondary N) is 1. The molecule has 0 aliphatic carbocycles. The Balaban J connectivity index is 2.46. The van der Waals surface area contributed by atoms with Gasteiger partial charge in [-0.3, -0.25) is 9.59 Å². The van der Waals surface area contributed by atoms with Gasteiger partial charge in [0.2, 0.25) is 5.91 Å². The molecule has 1 aromatic heterocycles. The van der Waals surface area contributed by atoms with E-state index in [4.69, 9.17) is 21.1 Å². The van der Waals surface area contributed by atoms with E-state index < -0.39 is 40.5 Å². The second-order valence-corrected chi connectivity index (χ2v) is 6.64. The highest BCUT2D eigenvalue weighted by Crippen LogP contribution is 2.30. The number of aromatic nitrogens is 2. The number of carbonyl (C=O) groups is 1. The Hall–Kier alpha value is -3.28. The van der Waals surface area contributed by atoms with Crippen LogP contribution in [0, 0.1) is 5.82 Å². The number of ether oxygens (including phenoxy) is 2. The van der Waals surface area contributed by atoms with E-state index in [2.05, 4.69) is 0 Å². The van der Waals surface area contributed by atoms with Crippen LogP contribution in [0.5, 0.6) is 5.75 Å². The van der Waals surface area contributed by atoms with E-state index >= 15 is 0 Å². The van der Waals surface area contributed by atoms with Gasteiger partial charge in [0.1, 0.15) is 29.6 Å². The summed E-state index contributed by atoms with van der Waals surface area (Å²) in [5.41, 5.74) is -5.20. The molecule has 1 aromatic carbocycles. The van der Waals surface area contributed by atoms with Gasteiger partial charge in [-0.15, -0.1) is 0 Å². The number of methoxy groups -OCH3 is 1. The second-order valence-electron chi connectivity index (χ2n) is 6.23. The number of hydrogen-bond donors (Lipinski definition) is 1. The summed E-state index contributed by atoms with van der Waals surface area (Å²) in [5.74, 6) is -1.71. The normalized spacial score (nSPS) is 11.9. The first-order valence-corrected chi connectivity index (χ1v) is 8.74. The minimum absolute atomic E-state index is 0.0742. The van der Waals surface area contributed by atoms with Crippen LogP contribution in [-0.2, 0) is 15.7 Å². The monoisotopic (exact) mass is 465 g/mol. The van der Waals surface area contributed by atoms with E-state index in [-0.39, 0.29) is 33.8 Å². The van der Waals surface area contributed by atoms with Crippen molar-refractivity contribution in [2.24, 2.45) is 0 Å². The van der Waals surface area contributed by atoms with E-state index in [9.17, 15) is 31.9 Å². The van der Waals surface area contributed by atoms with Crippen LogP contribution in [0.1, 0.15) is 5.69 Å². The first-order valence-electron chi connectivity index (χ1n) is 8.36. The van der Waals surface area contributed by atoms with Crippen molar-refractivity contribution in [1.29, 1.82) is 0 Å². The lowest BCUT2D eigenvalue weighted by molar-refractivity contribution is -0.141. The van der Waals surface area contributed by atoms with Gasteiger partial charge in [0, 0.05) is 32.3 Å². The SMILES string of the molecule is COC(=CC(=O)N(C)C)COc1cc(-n2c(=O)cc(C(F)(F)F)[nH]c2=O)c(F)cc1Cl. The third-order valence-electron chi connectivity index (χ3n) is 3.84. The number of amides is 1. The molecule has 13 heteroatoms. The molecule has 0 radical (unpaired) electrons. The third-order valence-corrected chi connectivity index (χ3v) is 4.13. The number of halogens is 5. The Bertz CT molecular complexity index is 1110. The molecule has 1 heterocycles. The number of carbonyl (C=O) groups excluding carboxylic acids is 1. The maximum atomic E-state index is 14.4. The molecule has 0 unspecified atom stereocenters. The van der Waals surface area contributed by atoms with Crippen LogP contribution >= 0.6 is 11.6 Å². The van der Waals surface area contributed by atoms with E-state index in [1.165, 1.54) is 31.1 Å². The molecule has 0 bridgehead atoms. The molecule has 0 atom stereocenters. The molecule has 0 aliphatic rings. The summed E-state index contributed by atoms with van der Waals surface area (Å²) >= 11 is 5.91. The summed E-state index contributed by atoms with van der Waals surface area (Å²) < 4.78 is 63.2. The van der Waals surface area contributed by atoms with Crippen LogP contribution in [0.4, 0.5) is 17.6 Å². The molecule has 0 fully saturated rings. The van der Waals surface area contributed by atoms with Crippen molar-refractivity contribution in [3.8, 4) is 11.4 Å². The van der Waals surface area contributed by atoms with Gasteiger partial charge in [-0.25, -0.2) is 13.8 Å². The molecule has 31 heavy (non-hydrogen) atoms. The van der Waals surface area contributed by atoms with Crippen molar-refractivity contribution in [2.45, 2.75) is 6.18 Å². The highest BCUT2D eigenvalue weighted by molar-refractivity contribution is 6.32. The smallest absolute Gasteiger partial charge is 0.431 e. The minimum atomic E-state index is -4.98. The third kappa shape index (κ3) is 5.66. The van der Waals surface area contributed by atoms with Crippen molar-refractivity contribution in [3.63, 3.8) is 0 Å². The highest BCUT2D eigenvalue weighted by atomic mass is 35.5. The molecule has 0 saturated carbocycles. The molecule has 0 aliphatic heterocycles. The van der Waals surface area contributed by atoms with Crippen LogP contribution in [0.2, 0.25) is 5.02 Å². The summed E-state index contributed by atoms with van der Waals surface area (Å²) in [5, 5.41) is -0.257. The molecule has 0 saturated heterocycles. The standard InChI is InChI=1S/C18H16ClF4N3O5/c1-25(2)15(27)4-9(30-3)8-31-13-6-12(11(20)5-10(13)19)26-16(28)7-14(18(21,22)23)24-17(26)29/h4-7H,8H2,1-3H3,(H,24,29). The lowest BCUT2D eigenvalue weighted by atomic mass is 10.2. The van der Waals surface area contributed by atoms with Gasteiger partial charge in [-0.05, 0) is 6.07 Å². The average molecular weight is 466 g/mol. The van der Waals surface area contributed by atoms with Crippen molar-refractivity contribution >= 4 is 17.5 Å². The maximum Gasteiger partial charge on any atom is 0.431 e. The van der Waals surface area contributed by atoms with Crippen molar-refractivity contribution < 1.29 is 31.8 Å². The van der Waals surface area contributed by atoms with Crippen molar-refractivity contribution in [1.82, 2.24) is 14.5 Å². The van der Waals surface area contributed by atoms with E-state index in [1.807, 2.05) is 0 Å². The van der Waals surface area contributed by atoms with E-state index in [0.29, 0.717) is 0 Å². The van der Waals surface area contributed by atoms with E-state index in [0.717, 1.165) is 18.2 Å². The fourth-order valence-electron chi connectivity index (χ4n) is 2.25. The molecule has 2 rings (SSSR count). The van der Waals surface area contributed by atoms with Gasteiger partial charge in [-0.1, -0.05) is 11.6 Å². The Morgan fingerprint density at radius 3 is 2.42 bits per heavy atom. The van der Waals surface area contributed by atoms with Crippen LogP contribution in [0.15, 0.2) is 39.6 Å². The van der Waals surface area contributed by atoms with Crippen LogP contribution in [0.3, 0.4) is 0 Å². The van der Waals surface area contributed by atoms with Gasteiger partial charge in [0.25, 0.3) is 5.56 Å². The summed E-state index contributed by atoms with van der Waals surface area (Å²) in [6.45, 7) is -0.334. The summed E-state index contributed by atoms with van der Waals surface area (Å²) in [6.07, 6.45) is -3.85. The molecule has 1 N–H and O–H groups in total. The Labute approximate surface area is 177 Å². The van der Waals surface area contributed by atoms with Crippen molar-refractivity contribution in [2.75, 3.05) is 27.8 Å². The fourth-order valence-corrected chi connectivity index (χ4v) is 2.46. The van der Waals surface area contributed by atoms with Crippen LogP contribution in [0.25, 0.3) is 5.69 Å². The topological polar surface area (TPSA) is 93.6 Å². The van der Waals surface area contributed by atoms with Gasteiger partial charge in [-0.2, -0.15) is 13.2 Å². The van der Waals surface area contributed by atoms with Gasteiger partial charge < -0.3 is 19.4 Å². The summed E-state index contributed by atoms with van der Waals surface area (Å²) in [6, 6.07) is 1.70. The summed E-state index contributed by atoms with van der Waals surface area (Å²) in [7, 11) is 4.29. The van der Waals surface area contributed by atoms with Crippen molar-refractivity contribution in [3.05, 3.63) is 67.4 Å². The fraction of sp³-hybridized carbons (Fsp3) is 0.278. The zero-order valence-electron chi connectivity index (χ0n) is 16.3. The van der Waals surface area contributed by atoms with Crippen LogP contribution in [-0.4, -0.2) is 48.2 Å². The molecule has 8 nitrogen and oxygen atoms in total. The number of likely N-dealkylation sites (N-methyl/N-ethyl adjacent to an activating group) is 1. The number of aromatic amines is 1. The molecular weight excluding hydrogens is 450 g/mol. The molecule has 1 amide bonds. The van der Waals surface area contributed by atoms with Crippen LogP contribution < -0.4 is 16.0 Å². The lowest BCUT2D eigenvalue weighted by Crippen LogP contribution is -2.36. The molecular formula is C18H16ClF4N3O5. The predicted octanol–water partition coefficient (Wildman–Crippen LogP) is 2.33. The maximum absolute atomic E-state index is 14.4.